The van der Waals surface area contributed by atoms with Gasteiger partial charge in [-0.2, -0.15) is 0 Å². The summed E-state index contributed by atoms with van der Waals surface area (Å²) >= 11 is 1.35. The molecule has 162 valence electrons. The number of ketones is 1. The van der Waals surface area contributed by atoms with Crippen molar-refractivity contribution >= 4 is 17.5 Å². The first kappa shape index (κ1) is 21.2. The van der Waals surface area contributed by atoms with E-state index in [4.69, 9.17) is 4.74 Å². The Kier molecular flexibility index (Phi) is 6.46. The molecule has 2 N–H and O–H groups in total. The van der Waals surface area contributed by atoms with Gasteiger partial charge >= 0.3 is 0 Å². The van der Waals surface area contributed by atoms with Gasteiger partial charge in [0.25, 0.3) is 0 Å². The molecule has 1 aromatic heterocycles. The molecule has 0 bridgehead atoms. The monoisotopic (exact) mass is 439 g/mol. The molecule has 31 heavy (non-hydrogen) atoms. The van der Waals surface area contributed by atoms with Crippen molar-refractivity contribution in [2.24, 2.45) is 0 Å². The van der Waals surface area contributed by atoms with Crippen molar-refractivity contribution in [3.63, 3.8) is 0 Å². The van der Waals surface area contributed by atoms with E-state index in [-0.39, 0.29) is 23.0 Å². The second-order valence-corrected chi connectivity index (χ2v) is 8.55. The van der Waals surface area contributed by atoms with E-state index in [2.05, 4.69) is 14.8 Å². The molecule has 2 aromatic carbocycles. The van der Waals surface area contributed by atoms with Crippen molar-refractivity contribution in [2.75, 3.05) is 12.9 Å². The fourth-order valence-corrected chi connectivity index (χ4v) is 4.79. The van der Waals surface area contributed by atoms with Gasteiger partial charge < -0.3 is 14.9 Å². The number of nitrogens with zero attached hydrogens (tertiary/aromatic N) is 3. The topological polar surface area (TPSA) is 97.5 Å². The number of Topliss-reactive ketones (excluding diaryl/α,β-unsaturated/α-hetero) is 1. The Bertz CT molecular complexity index is 1060. The van der Waals surface area contributed by atoms with Gasteiger partial charge in [-0.25, -0.2) is 0 Å². The number of methoxy groups -OCH3 is 1. The lowest BCUT2D eigenvalue weighted by Gasteiger charge is -2.25. The van der Waals surface area contributed by atoms with Crippen molar-refractivity contribution in [1.29, 1.82) is 0 Å². The van der Waals surface area contributed by atoms with Crippen molar-refractivity contribution < 1.29 is 19.7 Å². The minimum Gasteiger partial charge on any atom is -0.504 e. The number of aromatic hydroxyl groups is 2. The zero-order chi connectivity index (χ0) is 21.8. The third-order valence-corrected chi connectivity index (χ3v) is 6.53. The molecule has 1 heterocycles. The molecule has 0 saturated heterocycles. The van der Waals surface area contributed by atoms with Gasteiger partial charge in [-0.3, -0.25) is 9.36 Å². The summed E-state index contributed by atoms with van der Waals surface area (Å²) in [6.07, 6.45) is 5.70. The number of thioether (sulfide) groups is 1. The summed E-state index contributed by atoms with van der Waals surface area (Å²) in [5.41, 5.74) is 1.31. The number of rotatable bonds is 7. The van der Waals surface area contributed by atoms with Crippen molar-refractivity contribution in [3.05, 3.63) is 48.0 Å². The highest BCUT2D eigenvalue weighted by molar-refractivity contribution is 7.99. The maximum Gasteiger partial charge on any atom is 0.192 e. The average Bonchev–Trinajstić information content (AvgIpc) is 3.24. The van der Waals surface area contributed by atoms with E-state index < -0.39 is 0 Å². The Morgan fingerprint density at radius 1 is 1.06 bits per heavy atom. The van der Waals surface area contributed by atoms with Gasteiger partial charge in [-0.1, -0.05) is 31.0 Å². The molecule has 4 rings (SSSR count). The van der Waals surface area contributed by atoms with Gasteiger partial charge in [0.1, 0.15) is 5.75 Å². The summed E-state index contributed by atoms with van der Waals surface area (Å²) in [5.74, 6) is 1.05. The molecular formula is C23H25N3O4S. The van der Waals surface area contributed by atoms with Crippen LogP contribution >= 0.6 is 11.8 Å². The highest BCUT2D eigenvalue weighted by Crippen LogP contribution is 2.36. The van der Waals surface area contributed by atoms with Crippen LogP contribution in [0.1, 0.15) is 48.5 Å². The first-order valence-electron chi connectivity index (χ1n) is 10.3. The molecule has 1 saturated carbocycles. The van der Waals surface area contributed by atoms with E-state index in [9.17, 15) is 15.0 Å². The lowest BCUT2D eigenvalue weighted by atomic mass is 9.95. The predicted molar refractivity (Wildman–Crippen MR) is 119 cm³/mol. The molecule has 0 aliphatic heterocycles. The van der Waals surface area contributed by atoms with E-state index in [0.717, 1.165) is 30.0 Å². The molecule has 3 aromatic rings. The highest BCUT2D eigenvalue weighted by atomic mass is 32.2. The number of phenolic OH excluding ortho intramolecular Hbond substituents is 2. The second kappa shape index (κ2) is 9.43. The fourth-order valence-electron chi connectivity index (χ4n) is 3.89. The van der Waals surface area contributed by atoms with Crippen LogP contribution in [0.5, 0.6) is 17.2 Å². The number of aromatic nitrogens is 3. The highest BCUT2D eigenvalue weighted by Gasteiger charge is 2.24. The number of carbonyl (C=O) groups is 1. The summed E-state index contributed by atoms with van der Waals surface area (Å²) in [6, 6.07) is 12.2. The molecule has 1 aliphatic rings. The van der Waals surface area contributed by atoms with Gasteiger partial charge in [0.2, 0.25) is 0 Å². The Labute approximate surface area is 185 Å². The second-order valence-electron chi connectivity index (χ2n) is 7.61. The largest absolute Gasteiger partial charge is 0.504 e. The quantitative estimate of drug-likeness (QED) is 0.309. The van der Waals surface area contributed by atoms with Crippen LogP contribution in [0.2, 0.25) is 0 Å². The number of carbonyl (C=O) groups excluding carboxylic acids is 1. The van der Waals surface area contributed by atoms with E-state index >= 15 is 0 Å². The van der Waals surface area contributed by atoms with E-state index in [1.807, 2.05) is 24.3 Å². The van der Waals surface area contributed by atoms with Crippen LogP contribution in [0.25, 0.3) is 11.4 Å². The van der Waals surface area contributed by atoms with Gasteiger partial charge in [0.15, 0.2) is 28.3 Å². The van der Waals surface area contributed by atoms with E-state index in [1.165, 1.54) is 49.2 Å². The summed E-state index contributed by atoms with van der Waals surface area (Å²) in [6.45, 7) is 0. The Morgan fingerprint density at radius 3 is 2.48 bits per heavy atom. The number of phenols is 2. The number of hydrogen-bond donors (Lipinski definition) is 2. The molecule has 0 unspecified atom stereocenters. The van der Waals surface area contributed by atoms with Crippen LogP contribution in [0, 0.1) is 0 Å². The third kappa shape index (κ3) is 4.69. The first-order chi connectivity index (χ1) is 15.1. The van der Waals surface area contributed by atoms with Crippen molar-refractivity contribution in [3.8, 4) is 28.6 Å². The maximum atomic E-state index is 12.6. The van der Waals surface area contributed by atoms with Crippen LogP contribution in [0.15, 0.2) is 47.6 Å². The molecule has 0 atom stereocenters. The zero-order valence-electron chi connectivity index (χ0n) is 17.3. The standard InChI is InChI=1S/C23H25N3O4S/c1-30-18-10-7-15(8-11-18)22-24-25-23(26(22)17-5-3-2-4-6-17)31-14-21(29)16-9-12-19(27)20(28)13-16/h7-13,17,27-28H,2-6,14H2,1H3. The van der Waals surface area contributed by atoms with Crippen LogP contribution in [0.3, 0.4) is 0 Å². The smallest absolute Gasteiger partial charge is 0.192 e. The van der Waals surface area contributed by atoms with Crippen molar-refractivity contribution in [1.82, 2.24) is 14.8 Å². The molecular weight excluding hydrogens is 414 g/mol. The summed E-state index contributed by atoms with van der Waals surface area (Å²) in [4.78, 5) is 12.6. The van der Waals surface area contributed by atoms with Crippen LogP contribution in [0.4, 0.5) is 0 Å². The molecule has 7 nitrogen and oxygen atoms in total. The molecule has 8 heteroatoms. The van der Waals surface area contributed by atoms with Crippen LogP contribution in [-0.4, -0.2) is 43.6 Å². The van der Waals surface area contributed by atoms with Crippen LogP contribution in [-0.2, 0) is 0 Å². The van der Waals surface area contributed by atoms with Gasteiger partial charge in [-0.05, 0) is 55.3 Å². The lowest BCUT2D eigenvalue weighted by molar-refractivity contribution is 0.102. The summed E-state index contributed by atoms with van der Waals surface area (Å²) in [7, 11) is 1.64. The Hall–Kier alpha value is -3.00. The minimum absolute atomic E-state index is 0.149. The molecule has 1 aliphatic carbocycles. The number of ether oxygens (including phenoxy) is 1. The maximum absolute atomic E-state index is 12.6. The number of benzene rings is 2. The van der Waals surface area contributed by atoms with Crippen LogP contribution < -0.4 is 4.74 Å². The molecule has 0 amide bonds. The van der Waals surface area contributed by atoms with Gasteiger partial charge in [0, 0.05) is 17.2 Å². The number of hydrogen-bond acceptors (Lipinski definition) is 7. The van der Waals surface area contributed by atoms with Crippen molar-refractivity contribution in [2.45, 2.75) is 43.3 Å². The van der Waals surface area contributed by atoms with E-state index in [0.29, 0.717) is 16.8 Å². The van der Waals surface area contributed by atoms with Gasteiger partial charge in [0.05, 0.1) is 12.9 Å². The molecule has 0 radical (unpaired) electrons. The first-order valence-corrected chi connectivity index (χ1v) is 11.3. The zero-order valence-corrected chi connectivity index (χ0v) is 18.1. The minimum atomic E-state index is -0.303. The predicted octanol–water partition coefficient (Wildman–Crippen LogP) is 4.85. The van der Waals surface area contributed by atoms with E-state index in [1.54, 1.807) is 7.11 Å². The fraction of sp³-hybridized carbons (Fsp3) is 0.348. The Balaban J connectivity index is 1.59. The molecule has 0 spiro atoms. The van der Waals surface area contributed by atoms with Gasteiger partial charge in [-0.15, -0.1) is 10.2 Å². The normalized spacial score (nSPS) is 14.5. The average molecular weight is 440 g/mol. The Morgan fingerprint density at radius 2 is 1.81 bits per heavy atom. The lowest BCUT2D eigenvalue weighted by Crippen LogP contribution is -2.15. The SMILES string of the molecule is COc1ccc(-c2nnc(SCC(=O)c3ccc(O)c(O)c3)n2C2CCCCC2)cc1. The molecule has 1 fully saturated rings. The summed E-state index contributed by atoms with van der Waals surface area (Å²) < 4.78 is 7.44. The third-order valence-electron chi connectivity index (χ3n) is 5.58. The summed E-state index contributed by atoms with van der Waals surface area (Å²) in [5, 5.41) is 28.7.